The maximum Gasteiger partial charge on any atom is 0.324 e. The van der Waals surface area contributed by atoms with Crippen LogP contribution in [0.1, 0.15) is 21.5 Å². The van der Waals surface area contributed by atoms with Gasteiger partial charge in [-0.05, 0) is 38.2 Å². The smallest absolute Gasteiger partial charge is 0.322 e. The quantitative estimate of drug-likeness (QED) is 0.789. The average Bonchev–Trinajstić information content (AvgIpc) is 3.09. The molecule has 2 heterocycles. The Hall–Kier alpha value is -2.18. The van der Waals surface area contributed by atoms with E-state index in [0.717, 1.165) is 41.6 Å². The number of hydrogen-bond acceptors (Lipinski definition) is 4. The van der Waals surface area contributed by atoms with Crippen molar-refractivity contribution in [2.75, 3.05) is 38.1 Å². The van der Waals surface area contributed by atoms with Crippen LogP contribution < -0.4 is 4.90 Å². The van der Waals surface area contributed by atoms with Crippen LogP contribution in [-0.4, -0.2) is 54.8 Å². The Morgan fingerprint density at radius 1 is 1.04 bits per heavy atom. The highest BCUT2D eigenvalue weighted by Crippen LogP contribution is 2.24. The Kier molecular flexibility index (Phi) is 5.50. The fourth-order valence-electron chi connectivity index (χ4n) is 2.85. The lowest BCUT2D eigenvalue weighted by Gasteiger charge is -2.36. The van der Waals surface area contributed by atoms with E-state index < -0.39 is 0 Å². The van der Waals surface area contributed by atoms with Gasteiger partial charge in [-0.25, -0.2) is 4.79 Å². The number of ketones is 1. The number of rotatable bonds is 4. The number of thiophene rings is 1. The molecular weight excluding hydrogens is 334 g/mol. The van der Waals surface area contributed by atoms with Crippen LogP contribution >= 0.6 is 11.3 Å². The van der Waals surface area contributed by atoms with E-state index >= 15 is 0 Å². The minimum absolute atomic E-state index is 0.0251. The van der Waals surface area contributed by atoms with Gasteiger partial charge >= 0.3 is 6.03 Å². The lowest BCUT2D eigenvalue weighted by Crippen LogP contribution is -2.51. The molecule has 132 valence electrons. The summed E-state index contributed by atoms with van der Waals surface area (Å²) in [6, 6.07) is 13.5. The molecule has 1 fully saturated rings. The number of anilines is 1. The second kappa shape index (κ2) is 7.80. The van der Waals surface area contributed by atoms with Crippen molar-refractivity contribution in [3.05, 3.63) is 52.2 Å². The predicted molar refractivity (Wildman–Crippen MR) is 101 cm³/mol. The first-order valence-electron chi connectivity index (χ1n) is 8.44. The Morgan fingerprint density at radius 2 is 1.72 bits per heavy atom. The third-order valence-electron chi connectivity index (χ3n) is 4.40. The number of urea groups is 1. The molecule has 0 radical (unpaired) electrons. The number of para-hydroxylation sites is 1. The van der Waals surface area contributed by atoms with Crippen molar-refractivity contribution in [1.82, 2.24) is 9.80 Å². The van der Waals surface area contributed by atoms with Crippen molar-refractivity contribution in [3.63, 3.8) is 0 Å². The molecule has 0 atom stereocenters. The first-order chi connectivity index (χ1) is 12.0. The van der Waals surface area contributed by atoms with E-state index in [0.29, 0.717) is 6.54 Å². The van der Waals surface area contributed by atoms with Gasteiger partial charge < -0.3 is 9.80 Å². The van der Waals surface area contributed by atoms with Crippen LogP contribution in [0.4, 0.5) is 10.5 Å². The summed E-state index contributed by atoms with van der Waals surface area (Å²) in [6.07, 6.45) is 0. The SMILES string of the molecule is CC(=O)c1ccc(CN(C(=O)N2CCN(C)CC2)c2ccccc2)s1. The first-order valence-corrected chi connectivity index (χ1v) is 9.26. The topological polar surface area (TPSA) is 43.9 Å². The molecule has 6 heteroatoms. The van der Waals surface area contributed by atoms with Crippen molar-refractivity contribution in [3.8, 4) is 0 Å². The molecule has 25 heavy (non-hydrogen) atoms. The summed E-state index contributed by atoms with van der Waals surface area (Å²) < 4.78 is 0. The van der Waals surface area contributed by atoms with Gasteiger partial charge in [0.1, 0.15) is 0 Å². The summed E-state index contributed by atoms with van der Waals surface area (Å²) in [7, 11) is 2.08. The molecule has 0 aliphatic carbocycles. The van der Waals surface area contributed by atoms with Crippen molar-refractivity contribution in [1.29, 1.82) is 0 Å². The monoisotopic (exact) mass is 357 g/mol. The number of hydrogen-bond donors (Lipinski definition) is 0. The molecule has 1 aromatic heterocycles. The fourth-order valence-corrected chi connectivity index (χ4v) is 3.75. The maximum atomic E-state index is 13.1. The number of piperazine rings is 1. The van der Waals surface area contributed by atoms with Crippen LogP contribution in [0.3, 0.4) is 0 Å². The van der Waals surface area contributed by atoms with Gasteiger partial charge in [0.05, 0.1) is 11.4 Å². The number of amides is 2. The average molecular weight is 357 g/mol. The highest BCUT2D eigenvalue weighted by atomic mass is 32.1. The van der Waals surface area contributed by atoms with Gasteiger partial charge in [0.25, 0.3) is 0 Å². The third kappa shape index (κ3) is 4.27. The van der Waals surface area contributed by atoms with Gasteiger partial charge in [-0.3, -0.25) is 9.69 Å². The van der Waals surface area contributed by atoms with E-state index in [1.165, 1.54) is 11.3 Å². The standard InChI is InChI=1S/C19H23N3O2S/c1-15(23)18-9-8-17(25-18)14-22(16-6-4-3-5-7-16)19(24)21-12-10-20(2)11-13-21/h3-9H,10-14H2,1-2H3. The van der Waals surface area contributed by atoms with Crippen molar-refractivity contribution < 1.29 is 9.59 Å². The Morgan fingerprint density at radius 3 is 2.32 bits per heavy atom. The summed E-state index contributed by atoms with van der Waals surface area (Å²) in [5.74, 6) is 0.0629. The fraction of sp³-hybridized carbons (Fsp3) is 0.368. The van der Waals surface area contributed by atoms with E-state index in [9.17, 15) is 9.59 Å². The normalized spacial score (nSPS) is 15.2. The number of nitrogens with zero attached hydrogens (tertiary/aromatic N) is 3. The predicted octanol–water partition coefficient (Wildman–Crippen LogP) is 3.32. The lowest BCUT2D eigenvalue weighted by molar-refractivity contribution is 0.102. The van der Waals surface area contributed by atoms with Gasteiger partial charge in [-0.2, -0.15) is 0 Å². The summed E-state index contributed by atoms with van der Waals surface area (Å²) in [5.41, 5.74) is 0.879. The molecule has 3 rings (SSSR count). The Labute approximate surface area is 152 Å². The number of carbonyl (C=O) groups is 2. The molecular formula is C19H23N3O2S. The summed E-state index contributed by atoms with van der Waals surface area (Å²) in [6.45, 7) is 5.31. The second-order valence-electron chi connectivity index (χ2n) is 6.32. The summed E-state index contributed by atoms with van der Waals surface area (Å²) in [5, 5.41) is 0. The van der Waals surface area contributed by atoms with Crippen LogP contribution in [0.2, 0.25) is 0 Å². The summed E-state index contributed by atoms with van der Waals surface area (Å²) >= 11 is 1.46. The van der Waals surface area contributed by atoms with E-state index in [1.807, 2.05) is 47.4 Å². The molecule has 1 aliphatic rings. The van der Waals surface area contributed by atoms with Crippen molar-refractivity contribution >= 4 is 28.8 Å². The zero-order valence-corrected chi connectivity index (χ0v) is 15.5. The zero-order chi connectivity index (χ0) is 17.8. The van der Waals surface area contributed by atoms with Gasteiger partial charge in [0, 0.05) is 36.7 Å². The molecule has 1 aromatic carbocycles. The van der Waals surface area contributed by atoms with E-state index in [1.54, 1.807) is 11.8 Å². The molecule has 5 nitrogen and oxygen atoms in total. The van der Waals surface area contributed by atoms with Crippen LogP contribution in [0.15, 0.2) is 42.5 Å². The number of benzene rings is 1. The number of carbonyl (C=O) groups excluding carboxylic acids is 2. The molecule has 0 unspecified atom stereocenters. The Bertz CT molecular complexity index is 736. The first kappa shape index (κ1) is 17.6. The van der Waals surface area contributed by atoms with Crippen molar-refractivity contribution in [2.45, 2.75) is 13.5 Å². The molecule has 2 aromatic rings. The Balaban J connectivity index is 1.82. The van der Waals surface area contributed by atoms with Crippen LogP contribution in [-0.2, 0) is 6.54 Å². The van der Waals surface area contributed by atoms with E-state index in [2.05, 4.69) is 11.9 Å². The highest BCUT2D eigenvalue weighted by Gasteiger charge is 2.25. The molecule has 1 saturated heterocycles. The minimum Gasteiger partial charge on any atom is -0.322 e. The van der Waals surface area contributed by atoms with E-state index in [-0.39, 0.29) is 11.8 Å². The van der Waals surface area contributed by atoms with Crippen LogP contribution in [0, 0.1) is 0 Å². The molecule has 2 amide bonds. The number of Topliss-reactive ketones (excluding diaryl/α,β-unsaturated/α-hetero) is 1. The molecule has 0 bridgehead atoms. The molecule has 0 spiro atoms. The van der Waals surface area contributed by atoms with Gasteiger partial charge in [0.2, 0.25) is 0 Å². The van der Waals surface area contributed by atoms with Gasteiger partial charge in [0.15, 0.2) is 5.78 Å². The minimum atomic E-state index is 0.0251. The van der Waals surface area contributed by atoms with Crippen LogP contribution in [0.5, 0.6) is 0 Å². The lowest BCUT2D eigenvalue weighted by atomic mass is 10.2. The highest BCUT2D eigenvalue weighted by molar-refractivity contribution is 7.14. The molecule has 1 aliphatic heterocycles. The second-order valence-corrected chi connectivity index (χ2v) is 7.49. The zero-order valence-electron chi connectivity index (χ0n) is 14.6. The van der Waals surface area contributed by atoms with Crippen molar-refractivity contribution in [2.24, 2.45) is 0 Å². The van der Waals surface area contributed by atoms with Gasteiger partial charge in [-0.1, -0.05) is 18.2 Å². The largest absolute Gasteiger partial charge is 0.324 e. The van der Waals surface area contributed by atoms with Crippen LogP contribution in [0.25, 0.3) is 0 Å². The summed E-state index contributed by atoms with van der Waals surface area (Å²) in [4.78, 5) is 32.4. The van der Waals surface area contributed by atoms with Gasteiger partial charge in [-0.15, -0.1) is 11.3 Å². The van der Waals surface area contributed by atoms with E-state index in [4.69, 9.17) is 0 Å². The number of likely N-dealkylation sites (N-methyl/N-ethyl adjacent to an activating group) is 1. The molecule has 0 saturated carbocycles. The third-order valence-corrected chi connectivity index (χ3v) is 5.57. The molecule has 0 N–H and O–H groups in total. The maximum absolute atomic E-state index is 13.1.